The second kappa shape index (κ2) is 4.99. The van der Waals surface area contributed by atoms with Crippen molar-refractivity contribution in [3.05, 3.63) is 47.7 Å². The third-order valence-corrected chi connectivity index (χ3v) is 4.50. The summed E-state index contributed by atoms with van der Waals surface area (Å²) < 4.78 is 0. The van der Waals surface area contributed by atoms with E-state index in [1.54, 1.807) is 0 Å². The van der Waals surface area contributed by atoms with Crippen molar-refractivity contribution in [2.75, 3.05) is 0 Å². The Labute approximate surface area is 127 Å². The van der Waals surface area contributed by atoms with Crippen LogP contribution in [0, 0.1) is 0 Å². The van der Waals surface area contributed by atoms with Gasteiger partial charge in [-0.25, -0.2) is 0 Å². The van der Waals surface area contributed by atoms with Crippen LogP contribution in [-0.4, -0.2) is 27.3 Å². The molecule has 1 saturated heterocycles. The van der Waals surface area contributed by atoms with Crippen molar-refractivity contribution >= 4 is 5.91 Å². The van der Waals surface area contributed by atoms with E-state index in [1.807, 2.05) is 4.90 Å². The fraction of sp³-hybridized carbons (Fsp3) is 0.500. The highest BCUT2D eigenvalue weighted by molar-refractivity contribution is 5.85. The first-order valence-corrected chi connectivity index (χ1v) is 7.70. The van der Waals surface area contributed by atoms with Gasteiger partial charge >= 0.3 is 0 Å². The zero-order valence-corrected chi connectivity index (χ0v) is 13.2. The molecule has 2 heterocycles. The van der Waals surface area contributed by atoms with Crippen LogP contribution in [0.25, 0.3) is 0 Å². The van der Waals surface area contributed by atoms with E-state index in [0.717, 1.165) is 31.6 Å². The molecule has 0 spiro atoms. The predicted octanol–water partition coefficient (Wildman–Crippen LogP) is 3.31. The molecule has 0 N–H and O–H groups in total. The first-order valence-electron chi connectivity index (χ1n) is 7.70. The summed E-state index contributed by atoms with van der Waals surface area (Å²) in [6.45, 7) is 12.1. The van der Waals surface area contributed by atoms with Crippen molar-refractivity contribution in [1.29, 1.82) is 0 Å². The molecule has 1 aromatic rings. The Morgan fingerprint density at radius 1 is 1.14 bits per heavy atom. The second-order valence-corrected chi connectivity index (χ2v) is 7.14. The summed E-state index contributed by atoms with van der Waals surface area (Å²) in [4.78, 5) is 17.2. The SMILES string of the molecule is C=C1CCC(N2Cc3ccccc3C2)C(=O)N1C(C)(C)C. The normalized spacial score (nSPS) is 23.6. The molecule has 2 aliphatic rings. The van der Waals surface area contributed by atoms with Crippen LogP contribution in [0.1, 0.15) is 44.7 Å². The van der Waals surface area contributed by atoms with Gasteiger partial charge in [0.2, 0.25) is 5.91 Å². The minimum Gasteiger partial charge on any atom is -0.310 e. The van der Waals surface area contributed by atoms with Crippen LogP contribution in [0.3, 0.4) is 0 Å². The summed E-state index contributed by atoms with van der Waals surface area (Å²) in [7, 11) is 0. The fourth-order valence-corrected chi connectivity index (χ4v) is 3.57. The maximum atomic E-state index is 12.9. The van der Waals surface area contributed by atoms with E-state index in [9.17, 15) is 4.79 Å². The summed E-state index contributed by atoms with van der Waals surface area (Å²) >= 11 is 0. The van der Waals surface area contributed by atoms with Gasteiger partial charge in [0.1, 0.15) is 0 Å². The molecule has 0 saturated carbocycles. The van der Waals surface area contributed by atoms with Gasteiger partial charge in [-0.05, 0) is 44.7 Å². The van der Waals surface area contributed by atoms with Gasteiger partial charge < -0.3 is 4.90 Å². The number of amides is 1. The van der Waals surface area contributed by atoms with E-state index in [0.29, 0.717) is 0 Å². The second-order valence-electron chi connectivity index (χ2n) is 7.14. The molecule has 2 aliphatic heterocycles. The lowest BCUT2D eigenvalue weighted by Gasteiger charge is -2.44. The molecule has 0 aliphatic carbocycles. The van der Waals surface area contributed by atoms with E-state index in [1.165, 1.54) is 11.1 Å². The van der Waals surface area contributed by atoms with E-state index in [4.69, 9.17) is 0 Å². The summed E-state index contributed by atoms with van der Waals surface area (Å²) in [5.74, 6) is 0.214. The Balaban J connectivity index is 1.82. The standard InChI is InChI=1S/C18H24N2O/c1-13-9-10-16(17(21)20(13)18(2,3)4)19-11-14-7-5-6-8-15(14)12-19/h5-8,16H,1,9-12H2,2-4H3. The zero-order chi connectivity index (χ0) is 15.2. The Morgan fingerprint density at radius 2 is 1.71 bits per heavy atom. The summed E-state index contributed by atoms with van der Waals surface area (Å²) in [6, 6.07) is 8.48. The number of nitrogens with zero attached hydrogens (tertiary/aromatic N) is 2. The van der Waals surface area contributed by atoms with Gasteiger partial charge in [-0.2, -0.15) is 0 Å². The van der Waals surface area contributed by atoms with Gasteiger partial charge in [0, 0.05) is 24.3 Å². The predicted molar refractivity (Wildman–Crippen MR) is 84.5 cm³/mol. The fourth-order valence-electron chi connectivity index (χ4n) is 3.57. The van der Waals surface area contributed by atoms with E-state index in [-0.39, 0.29) is 17.5 Å². The first-order chi connectivity index (χ1) is 9.88. The van der Waals surface area contributed by atoms with Crippen molar-refractivity contribution in [1.82, 2.24) is 9.80 Å². The molecule has 21 heavy (non-hydrogen) atoms. The molecular formula is C18H24N2O. The molecule has 112 valence electrons. The van der Waals surface area contributed by atoms with Crippen LogP contribution in [-0.2, 0) is 17.9 Å². The molecule has 3 heteroatoms. The highest BCUT2D eigenvalue weighted by Gasteiger charge is 2.41. The number of hydrogen-bond donors (Lipinski definition) is 0. The molecule has 0 radical (unpaired) electrons. The zero-order valence-electron chi connectivity index (χ0n) is 13.2. The van der Waals surface area contributed by atoms with Crippen LogP contribution < -0.4 is 0 Å². The number of fused-ring (bicyclic) bond motifs is 1. The smallest absolute Gasteiger partial charge is 0.244 e. The van der Waals surface area contributed by atoms with Gasteiger partial charge in [0.05, 0.1) is 6.04 Å². The Kier molecular flexibility index (Phi) is 3.40. The molecular weight excluding hydrogens is 260 g/mol. The van der Waals surface area contributed by atoms with Crippen molar-refractivity contribution in [2.45, 2.75) is 58.3 Å². The number of benzene rings is 1. The highest BCUT2D eigenvalue weighted by Crippen LogP contribution is 2.34. The number of allylic oxidation sites excluding steroid dienone is 1. The lowest BCUT2D eigenvalue weighted by Crippen LogP contribution is -2.55. The Hall–Kier alpha value is -1.61. The Bertz CT molecular complexity index is 560. The molecule has 1 aromatic carbocycles. The van der Waals surface area contributed by atoms with Crippen molar-refractivity contribution in [2.24, 2.45) is 0 Å². The molecule has 1 fully saturated rings. The molecule has 0 aromatic heterocycles. The third-order valence-electron chi connectivity index (χ3n) is 4.50. The summed E-state index contributed by atoms with van der Waals surface area (Å²) in [5.41, 5.74) is 3.48. The average molecular weight is 284 g/mol. The van der Waals surface area contributed by atoms with Crippen LogP contribution in [0.15, 0.2) is 36.5 Å². The maximum absolute atomic E-state index is 12.9. The number of piperidine rings is 1. The third kappa shape index (κ3) is 2.51. The number of likely N-dealkylation sites (tertiary alicyclic amines) is 1. The minimum absolute atomic E-state index is 0.0119. The van der Waals surface area contributed by atoms with Crippen molar-refractivity contribution in [3.63, 3.8) is 0 Å². The first kappa shape index (κ1) is 14.3. The number of rotatable bonds is 1. The lowest BCUT2D eigenvalue weighted by molar-refractivity contribution is -0.142. The van der Waals surface area contributed by atoms with E-state index in [2.05, 4.69) is 56.5 Å². The van der Waals surface area contributed by atoms with Crippen LogP contribution in [0.5, 0.6) is 0 Å². The molecule has 1 unspecified atom stereocenters. The van der Waals surface area contributed by atoms with Gasteiger partial charge in [0.15, 0.2) is 0 Å². The molecule has 3 nitrogen and oxygen atoms in total. The topological polar surface area (TPSA) is 23.6 Å². The van der Waals surface area contributed by atoms with Gasteiger partial charge in [0.25, 0.3) is 0 Å². The highest BCUT2D eigenvalue weighted by atomic mass is 16.2. The van der Waals surface area contributed by atoms with Crippen LogP contribution >= 0.6 is 0 Å². The van der Waals surface area contributed by atoms with Gasteiger partial charge in [-0.3, -0.25) is 9.69 Å². The summed E-state index contributed by atoms with van der Waals surface area (Å²) in [6.07, 6.45) is 1.79. The molecule has 1 atom stereocenters. The van der Waals surface area contributed by atoms with E-state index >= 15 is 0 Å². The molecule has 0 bridgehead atoms. The van der Waals surface area contributed by atoms with Crippen LogP contribution in [0.2, 0.25) is 0 Å². The number of carbonyl (C=O) groups excluding carboxylic acids is 1. The van der Waals surface area contributed by atoms with Gasteiger partial charge in [-0.1, -0.05) is 30.8 Å². The molecule has 1 amide bonds. The van der Waals surface area contributed by atoms with Crippen LogP contribution in [0.4, 0.5) is 0 Å². The average Bonchev–Trinajstić information content (AvgIpc) is 2.80. The quantitative estimate of drug-likeness (QED) is 0.790. The van der Waals surface area contributed by atoms with Crippen molar-refractivity contribution in [3.8, 4) is 0 Å². The van der Waals surface area contributed by atoms with E-state index < -0.39 is 0 Å². The maximum Gasteiger partial charge on any atom is 0.244 e. The van der Waals surface area contributed by atoms with Gasteiger partial charge in [-0.15, -0.1) is 0 Å². The minimum atomic E-state index is -0.195. The largest absolute Gasteiger partial charge is 0.310 e. The lowest BCUT2D eigenvalue weighted by atomic mass is 9.94. The van der Waals surface area contributed by atoms with Crippen molar-refractivity contribution < 1.29 is 4.79 Å². The monoisotopic (exact) mass is 284 g/mol. The Morgan fingerprint density at radius 3 is 2.24 bits per heavy atom. The number of carbonyl (C=O) groups is 1. The summed E-state index contributed by atoms with van der Waals surface area (Å²) in [5, 5.41) is 0. The molecule has 3 rings (SSSR count). The number of hydrogen-bond acceptors (Lipinski definition) is 2.